The van der Waals surface area contributed by atoms with Crippen LogP contribution in [0.3, 0.4) is 0 Å². The summed E-state index contributed by atoms with van der Waals surface area (Å²) < 4.78 is 0. The van der Waals surface area contributed by atoms with E-state index in [1.807, 2.05) is 42.2 Å². The molecule has 3 N–H and O–H groups in total. The number of aliphatic hydroxyl groups excluding tert-OH is 1. The summed E-state index contributed by atoms with van der Waals surface area (Å²) in [4.78, 5) is 14.1. The van der Waals surface area contributed by atoms with Gasteiger partial charge in [0.05, 0.1) is 6.10 Å². The standard InChI is InChI=1S/C16H24N2O2.ClH/c1-12(19)13-7-9-18(10-8-13)16(20)11-15(17)14-5-3-2-4-6-14;/h2-6,12-13,15,19H,7-11,17H2,1H3;1H. The highest BCUT2D eigenvalue weighted by atomic mass is 35.5. The molecule has 2 unspecified atom stereocenters. The Morgan fingerprint density at radius 2 is 1.90 bits per heavy atom. The van der Waals surface area contributed by atoms with Gasteiger partial charge in [0, 0.05) is 25.6 Å². The summed E-state index contributed by atoms with van der Waals surface area (Å²) in [6, 6.07) is 9.49. The average Bonchev–Trinajstić information content (AvgIpc) is 2.48. The molecule has 1 aliphatic heterocycles. The summed E-state index contributed by atoms with van der Waals surface area (Å²) in [7, 11) is 0. The van der Waals surface area contributed by atoms with Crippen molar-refractivity contribution >= 4 is 18.3 Å². The van der Waals surface area contributed by atoms with Crippen molar-refractivity contribution in [1.29, 1.82) is 0 Å². The molecule has 2 atom stereocenters. The van der Waals surface area contributed by atoms with Crippen molar-refractivity contribution in [2.45, 2.75) is 38.3 Å². The number of carbonyl (C=O) groups is 1. The van der Waals surface area contributed by atoms with Crippen LogP contribution in [0, 0.1) is 5.92 Å². The van der Waals surface area contributed by atoms with Crippen LogP contribution in [-0.2, 0) is 4.79 Å². The second-order valence-corrected chi connectivity index (χ2v) is 5.68. The molecule has 1 aromatic rings. The van der Waals surface area contributed by atoms with Crippen molar-refractivity contribution in [2.75, 3.05) is 13.1 Å². The van der Waals surface area contributed by atoms with Crippen molar-refractivity contribution in [1.82, 2.24) is 4.90 Å². The number of benzene rings is 1. The minimum absolute atomic E-state index is 0. The fourth-order valence-corrected chi connectivity index (χ4v) is 2.77. The number of likely N-dealkylation sites (tertiary alicyclic amines) is 1. The largest absolute Gasteiger partial charge is 0.393 e. The molecule has 2 rings (SSSR count). The lowest BCUT2D eigenvalue weighted by molar-refractivity contribution is -0.133. The van der Waals surface area contributed by atoms with Crippen LogP contribution in [-0.4, -0.2) is 35.1 Å². The molecule has 118 valence electrons. The van der Waals surface area contributed by atoms with E-state index in [-0.39, 0.29) is 30.5 Å². The van der Waals surface area contributed by atoms with Gasteiger partial charge in [-0.05, 0) is 31.2 Å². The normalized spacial score (nSPS) is 18.7. The van der Waals surface area contributed by atoms with E-state index in [9.17, 15) is 9.90 Å². The predicted molar refractivity (Wildman–Crippen MR) is 86.2 cm³/mol. The van der Waals surface area contributed by atoms with E-state index in [1.54, 1.807) is 0 Å². The van der Waals surface area contributed by atoms with Crippen molar-refractivity contribution < 1.29 is 9.90 Å². The first-order valence-electron chi connectivity index (χ1n) is 7.34. The first-order chi connectivity index (χ1) is 9.58. The van der Waals surface area contributed by atoms with Crippen LogP contribution in [0.1, 0.15) is 37.8 Å². The number of rotatable bonds is 4. The van der Waals surface area contributed by atoms with Gasteiger partial charge < -0.3 is 15.7 Å². The molecule has 4 nitrogen and oxygen atoms in total. The van der Waals surface area contributed by atoms with Gasteiger partial charge in [0.25, 0.3) is 0 Å². The Hall–Kier alpha value is -1.10. The number of piperidine rings is 1. The van der Waals surface area contributed by atoms with Crippen LogP contribution in [0.5, 0.6) is 0 Å². The van der Waals surface area contributed by atoms with Gasteiger partial charge >= 0.3 is 0 Å². The first-order valence-corrected chi connectivity index (χ1v) is 7.34. The summed E-state index contributed by atoms with van der Waals surface area (Å²) in [5, 5.41) is 9.57. The van der Waals surface area contributed by atoms with Gasteiger partial charge in [-0.3, -0.25) is 4.79 Å². The van der Waals surface area contributed by atoms with Crippen molar-refractivity contribution in [3.63, 3.8) is 0 Å². The van der Waals surface area contributed by atoms with Crippen LogP contribution in [0.2, 0.25) is 0 Å². The zero-order valence-electron chi connectivity index (χ0n) is 12.4. The van der Waals surface area contributed by atoms with Gasteiger partial charge in [-0.25, -0.2) is 0 Å². The highest BCUT2D eigenvalue weighted by molar-refractivity contribution is 5.85. The highest BCUT2D eigenvalue weighted by Crippen LogP contribution is 2.22. The summed E-state index contributed by atoms with van der Waals surface area (Å²) in [6.45, 7) is 3.29. The Bertz CT molecular complexity index is 431. The second kappa shape index (κ2) is 8.37. The molecule has 0 bridgehead atoms. The zero-order chi connectivity index (χ0) is 14.5. The molecule has 21 heavy (non-hydrogen) atoms. The Balaban J connectivity index is 0.00000220. The minimum Gasteiger partial charge on any atom is -0.393 e. The molecule has 0 saturated carbocycles. The summed E-state index contributed by atoms with van der Waals surface area (Å²) in [5.41, 5.74) is 7.09. The molecule has 1 aromatic carbocycles. The van der Waals surface area contributed by atoms with Gasteiger partial charge in [0.2, 0.25) is 5.91 Å². The highest BCUT2D eigenvalue weighted by Gasteiger charge is 2.26. The molecule has 0 spiro atoms. The average molecular weight is 313 g/mol. The van der Waals surface area contributed by atoms with Crippen LogP contribution in [0.15, 0.2) is 30.3 Å². The number of nitrogens with zero attached hydrogens (tertiary/aromatic N) is 1. The van der Waals surface area contributed by atoms with Gasteiger partial charge in [0.15, 0.2) is 0 Å². The van der Waals surface area contributed by atoms with Crippen LogP contribution < -0.4 is 5.73 Å². The van der Waals surface area contributed by atoms with E-state index in [0.29, 0.717) is 12.3 Å². The number of amides is 1. The maximum Gasteiger partial charge on any atom is 0.224 e. The molecule has 5 heteroatoms. The van der Waals surface area contributed by atoms with E-state index < -0.39 is 0 Å². The van der Waals surface area contributed by atoms with Crippen LogP contribution in [0.25, 0.3) is 0 Å². The Labute approximate surface area is 132 Å². The van der Waals surface area contributed by atoms with E-state index in [2.05, 4.69) is 0 Å². The molecule has 1 aliphatic rings. The molecule has 1 heterocycles. The summed E-state index contributed by atoms with van der Waals surface area (Å²) in [6.07, 6.45) is 1.83. The summed E-state index contributed by atoms with van der Waals surface area (Å²) >= 11 is 0. The Morgan fingerprint density at radius 3 is 2.43 bits per heavy atom. The number of nitrogens with two attached hydrogens (primary N) is 1. The number of hydrogen-bond donors (Lipinski definition) is 2. The first kappa shape index (κ1) is 18.0. The fraction of sp³-hybridized carbons (Fsp3) is 0.562. The molecule has 1 fully saturated rings. The number of hydrogen-bond acceptors (Lipinski definition) is 3. The van der Waals surface area contributed by atoms with Crippen molar-refractivity contribution in [3.05, 3.63) is 35.9 Å². The maximum absolute atomic E-state index is 12.2. The third-order valence-corrected chi connectivity index (χ3v) is 4.20. The van der Waals surface area contributed by atoms with Gasteiger partial charge in [0.1, 0.15) is 0 Å². The van der Waals surface area contributed by atoms with E-state index in [4.69, 9.17) is 5.73 Å². The SMILES string of the molecule is CC(O)C1CCN(C(=O)CC(N)c2ccccc2)CC1.Cl. The van der Waals surface area contributed by atoms with Crippen LogP contribution in [0.4, 0.5) is 0 Å². The third-order valence-electron chi connectivity index (χ3n) is 4.20. The lowest BCUT2D eigenvalue weighted by Gasteiger charge is -2.33. The third kappa shape index (κ3) is 4.99. The number of aliphatic hydroxyl groups is 1. The Morgan fingerprint density at radius 1 is 1.33 bits per heavy atom. The molecule has 0 radical (unpaired) electrons. The maximum atomic E-state index is 12.2. The van der Waals surface area contributed by atoms with Gasteiger partial charge in [-0.1, -0.05) is 30.3 Å². The van der Waals surface area contributed by atoms with E-state index in [0.717, 1.165) is 31.5 Å². The molecule has 0 aromatic heterocycles. The van der Waals surface area contributed by atoms with Gasteiger partial charge in [-0.2, -0.15) is 0 Å². The van der Waals surface area contributed by atoms with E-state index >= 15 is 0 Å². The summed E-state index contributed by atoms with van der Waals surface area (Å²) in [5.74, 6) is 0.437. The zero-order valence-corrected chi connectivity index (χ0v) is 13.3. The number of carbonyl (C=O) groups excluding carboxylic acids is 1. The quantitative estimate of drug-likeness (QED) is 0.895. The predicted octanol–water partition coefficient (Wildman–Crippen LogP) is 2.12. The topological polar surface area (TPSA) is 66.6 Å². The van der Waals surface area contributed by atoms with Gasteiger partial charge in [-0.15, -0.1) is 12.4 Å². The molecular formula is C16H25ClN2O2. The van der Waals surface area contributed by atoms with Crippen molar-refractivity contribution in [3.8, 4) is 0 Å². The molecule has 1 amide bonds. The number of halogens is 1. The smallest absolute Gasteiger partial charge is 0.224 e. The minimum atomic E-state index is -0.279. The van der Waals surface area contributed by atoms with E-state index in [1.165, 1.54) is 0 Å². The second-order valence-electron chi connectivity index (χ2n) is 5.68. The fourth-order valence-electron chi connectivity index (χ4n) is 2.77. The molecule has 0 aliphatic carbocycles. The van der Waals surface area contributed by atoms with Crippen molar-refractivity contribution in [2.24, 2.45) is 11.7 Å². The monoisotopic (exact) mass is 312 g/mol. The molecule has 1 saturated heterocycles. The molecular weight excluding hydrogens is 288 g/mol. The lowest BCUT2D eigenvalue weighted by atomic mass is 9.92. The Kier molecular flexibility index (Phi) is 7.15. The lowest BCUT2D eigenvalue weighted by Crippen LogP contribution is -2.41. The van der Waals surface area contributed by atoms with Crippen LogP contribution >= 0.6 is 12.4 Å².